The molecule has 2 aromatic rings. The lowest BCUT2D eigenvalue weighted by Gasteiger charge is -2.37. The van der Waals surface area contributed by atoms with Gasteiger partial charge in [-0.05, 0) is 37.0 Å². The number of carbonyl (C=O) groups is 3. The predicted molar refractivity (Wildman–Crippen MR) is 149 cm³/mol. The summed E-state index contributed by atoms with van der Waals surface area (Å²) >= 11 is 11.7. The number of nitrogens with zero attached hydrogens (tertiary/aromatic N) is 1. The molecule has 1 spiro atoms. The van der Waals surface area contributed by atoms with Crippen LogP contribution in [0.25, 0.3) is 0 Å². The molecule has 3 saturated heterocycles. The fraction of sp³-hybridized carbons (Fsp3) is 0.444. The van der Waals surface area contributed by atoms with Crippen molar-refractivity contribution in [3.05, 3.63) is 64.7 Å². The number of hydrogen-bond acceptors (Lipinski definition) is 5. The summed E-state index contributed by atoms with van der Waals surface area (Å²) in [5.74, 6) is -2.05. The zero-order valence-electron chi connectivity index (χ0n) is 20.5. The van der Waals surface area contributed by atoms with E-state index >= 15 is 0 Å². The standard InChI is InChI=1S/C27H29BrClN3O4S/c1-14-7-6-10-18(29)21(14)31-25(35)23-27-12-17(28)22(37-27)19(24(34)30-2)20(27)26(36)32(23)16(13-33)11-15-8-4-3-5-9-15/h3-10,16-17,19-20,22-23,33H,11-13H2,1-2H3,(H,30,34)(H,31,35)/t16-,17?,19-,20+,22-,23?,27?/m1/s1. The molecule has 3 heterocycles. The van der Waals surface area contributed by atoms with Crippen molar-refractivity contribution in [1.29, 1.82) is 0 Å². The Morgan fingerprint density at radius 3 is 2.59 bits per heavy atom. The monoisotopic (exact) mass is 605 g/mol. The molecule has 0 saturated carbocycles. The highest BCUT2D eigenvalue weighted by molar-refractivity contribution is 9.09. The van der Waals surface area contributed by atoms with Gasteiger partial charge in [-0.3, -0.25) is 14.4 Å². The maximum Gasteiger partial charge on any atom is 0.248 e. The summed E-state index contributed by atoms with van der Waals surface area (Å²) in [5.41, 5.74) is 2.25. The van der Waals surface area contributed by atoms with Crippen LogP contribution in [0.4, 0.5) is 5.69 Å². The average Bonchev–Trinajstić information content (AvgIpc) is 3.48. The number of aliphatic hydroxyl groups excluding tert-OH is 1. The largest absolute Gasteiger partial charge is 0.394 e. The van der Waals surface area contributed by atoms with Crippen molar-refractivity contribution in [1.82, 2.24) is 10.2 Å². The Morgan fingerprint density at radius 2 is 1.95 bits per heavy atom. The van der Waals surface area contributed by atoms with Crippen LogP contribution in [0.5, 0.6) is 0 Å². The van der Waals surface area contributed by atoms with E-state index < -0.39 is 28.7 Å². The van der Waals surface area contributed by atoms with Crippen molar-refractivity contribution in [3.8, 4) is 0 Å². The van der Waals surface area contributed by atoms with Gasteiger partial charge in [-0.2, -0.15) is 0 Å². The van der Waals surface area contributed by atoms with Crippen molar-refractivity contribution < 1.29 is 19.5 Å². The summed E-state index contributed by atoms with van der Waals surface area (Å²) in [6.45, 7) is 1.55. The number of anilines is 1. The molecule has 0 aliphatic carbocycles. The van der Waals surface area contributed by atoms with Gasteiger partial charge in [0.25, 0.3) is 0 Å². The number of benzene rings is 2. The summed E-state index contributed by atoms with van der Waals surface area (Å²) in [6.07, 6.45) is 0.947. The van der Waals surface area contributed by atoms with Crippen LogP contribution in [0.3, 0.4) is 0 Å². The van der Waals surface area contributed by atoms with E-state index in [1.807, 2.05) is 49.4 Å². The summed E-state index contributed by atoms with van der Waals surface area (Å²) in [7, 11) is 1.57. The van der Waals surface area contributed by atoms with E-state index in [2.05, 4.69) is 26.6 Å². The third kappa shape index (κ3) is 4.28. The molecule has 10 heteroatoms. The summed E-state index contributed by atoms with van der Waals surface area (Å²) < 4.78 is -0.809. The molecule has 3 aliphatic heterocycles. The summed E-state index contributed by atoms with van der Waals surface area (Å²) in [5, 5.41) is 16.5. The summed E-state index contributed by atoms with van der Waals surface area (Å²) in [4.78, 5) is 42.9. The van der Waals surface area contributed by atoms with E-state index in [-0.39, 0.29) is 34.4 Å². The van der Waals surface area contributed by atoms with Crippen LogP contribution in [-0.4, -0.2) is 68.3 Å². The van der Waals surface area contributed by atoms with E-state index in [0.717, 1.165) is 11.1 Å². The SMILES string of the molecule is CNC(=O)[C@H]1[C@@H]2SC3(CC2Br)C(C(=O)Nc2c(C)cccc2Cl)N([C@@H](CO)Cc2ccccc2)C(=O)[C@H]13. The first kappa shape index (κ1) is 26.5. The van der Waals surface area contributed by atoms with Gasteiger partial charge in [0, 0.05) is 17.1 Å². The zero-order chi connectivity index (χ0) is 26.5. The number of aryl methyl sites for hydroxylation is 1. The lowest BCUT2D eigenvalue weighted by atomic mass is 9.70. The molecular formula is C27H29BrClN3O4S. The first-order valence-corrected chi connectivity index (χ1v) is 14.5. The van der Waals surface area contributed by atoms with Crippen LogP contribution in [0.15, 0.2) is 48.5 Å². The molecule has 7 nitrogen and oxygen atoms in total. The van der Waals surface area contributed by atoms with Crippen molar-refractivity contribution in [2.45, 2.75) is 46.7 Å². The molecule has 196 valence electrons. The number of amides is 3. The maximum atomic E-state index is 14.2. The van der Waals surface area contributed by atoms with Crippen LogP contribution >= 0.6 is 39.3 Å². The topological polar surface area (TPSA) is 98.7 Å². The Bertz CT molecular complexity index is 1210. The quantitative estimate of drug-likeness (QED) is 0.420. The molecule has 3 unspecified atom stereocenters. The second-order valence-corrected chi connectivity index (χ2v) is 13.1. The molecule has 2 bridgehead atoms. The van der Waals surface area contributed by atoms with Gasteiger partial charge >= 0.3 is 0 Å². The van der Waals surface area contributed by atoms with Gasteiger partial charge in [-0.15, -0.1) is 11.8 Å². The second kappa shape index (κ2) is 10.2. The molecule has 3 N–H and O–H groups in total. The molecule has 2 aromatic carbocycles. The third-order valence-electron chi connectivity index (χ3n) is 7.91. The first-order valence-electron chi connectivity index (χ1n) is 12.3. The molecule has 37 heavy (non-hydrogen) atoms. The number of likely N-dealkylation sites (tertiary alicyclic amines) is 1. The van der Waals surface area contributed by atoms with E-state index in [9.17, 15) is 19.5 Å². The number of carbonyl (C=O) groups excluding carboxylic acids is 3. The van der Waals surface area contributed by atoms with Crippen molar-refractivity contribution in [2.75, 3.05) is 19.0 Å². The van der Waals surface area contributed by atoms with Crippen LogP contribution in [0.2, 0.25) is 5.02 Å². The normalized spacial score (nSPS) is 30.8. The number of alkyl halides is 1. The van der Waals surface area contributed by atoms with Gasteiger partial charge in [-0.25, -0.2) is 0 Å². The molecule has 3 aliphatic rings. The lowest BCUT2D eigenvalue weighted by molar-refractivity contribution is -0.141. The zero-order valence-corrected chi connectivity index (χ0v) is 23.6. The number of hydrogen-bond donors (Lipinski definition) is 3. The number of aliphatic hydroxyl groups is 1. The maximum absolute atomic E-state index is 14.2. The van der Waals surface area contributed by atoms with Crippen LogP contribution < -0.4 is 10.6 Å². The number of para-hydroxylation sites is 1. The van der Waals surface area contributed by atoms with Crippen LogP contribution in [0, 0.1) is 18.8 Å². The van der Waals surface area contributed by atoms with E-state index in [1.54, 1.807) is 29.8 Å². The Kier molecular flexibility index (Phi) is 7.35. The van der Waals surface area contributed by atoms with Crippen molar-refractivity contribution in [3.63, 3.8) is 0 Å². The summed E-state index contributed by atoms with van der Waals surface area (Å²) in [6, 6.07) is 13.5. The van der Waals surface area contributed by atoms with Gasteiger partial charge in [0.1, 0.15) is 6.04 Å². The Morgan fingerprint density at radius 1 is 1.22 bits per heavy atom. The van der Waals surface area contributed by atoms with Crippen molar-refractivity contribution in [2.24, 2.45) is 11.8 Å². The Hall–Kier alpha value is -2.07. The first-order chi connectivity index (χ1) is 17.7. The highest BCUT2D eigenvalue weighted by Gasteiger charge is 2.76. The second-order valence-electron chi connectivity index (χ2n) is 9.97. The highest BCUT2D eigenvalue weighted by atomic mass is 79.9. The van der Waals surface area contributed by atoms with Gasteiger partial charge in [0.2, 0.25) is 17.7 Å². The number of halogens is 2. The molecule has 7 atom stereocenters. The van der Waals surface area contributed by atoms with Crippen LogP contribution in [-0.2, 0) is 20.8 Å². The van der Waals surface area contributed by atoms with E-state index in [0.29, 0.717) is 23.6 Å². The highest BCUT2D eigenvalue weighted by Crippen LogP contribution is 2.68. The van der Waals surface area contributed by atoms with Gasteiger partial charge < -0.3 is 20.6 Å². The number of rotatable bonds is 7. The fourth-order valence-corrected chi connectivity index (χ4v) is 10.2. The lowest BCUT2D eigenvalue weighted by Crippen LogP contribution is -2.55. The number of thioether (sulfide) groups is 1. The molecule has 0 aromatic heterocycles. The predicted octanol–water partition coefficient (Wildman–Crippen LogP) is 3.40. The molecule has 3 fully saturated rings. The minimum Gasteiger partial charge on any atom is -0.394 e. The average molecular weight is 607 g/mol. The molecule has 5 rings (SSSR count). The minimum atomic E-state index is -0.883. The van der Waals surface area contributed by atoms with Crippen molar-refractivity contribution >= 4 is 62.7 Å². The van der Waals surface area contributed by atoms with Crippen LogP contribution in [0.1, 0.15) is 17.5 Å². The smallest absolute Gasteiger partial charge is 0.248 e. The Labute approximate surface area is 233 Å². The molecule has 0 radical (unpaired) electrons. The van der Waals surface area contributed by atoms with Gasteiger partial charge in [0.15, 0.2) is 0 Å². The number of fused-ring (bicyclic) bond motifs is 1. The minimum absolute atomic E-state index is 0.0251. The number of nitrogens with one attached hydrogen (secondary N) is 2. The third-order valence-corrected chi connectivity index (χ3v) is 11.4. The van der Waals surface area contributed by atoms with E-state index in [4.69, 9.17) is 11.6 Å². The van der Waals surface area contributed by atoms with E-state index in [1.165, 1.54) is 0 Å². The molecular weight excluding hydrogens is 578 g/mol. The fourth-order valence-electron chi connectivity index (χ4n) is 6.35. The Balaban J connectivity index is 1.59. The van der Waals surface area contributed by atoms with Gasteiger partial charge in [0.05, 0.1) is 39.9 Å². The van der Waals surface area contributed by atoms with Gasteiger partial charge in [-0.1, -0.05) is 70.0 Å². The molecule has 3 amide bonds.